The molecule has 0 atom stereocenters. The van der Waals surface area contributed by atoms with Crippen molar-refractivity contribution in [1.29, 1.82) is 0 Å². The third kappa shape index (κ3) is 9.22. The molecule has 0 aliphatic rings. The number of ether oxygens (including phenoxy) is 4. The van der Waals surface area contributed by atoms with Crippen molar-refractivity contribution >= 4 is 18.7 Å². The molecule has 2 rings (SSSR count). The Morgan fingerprint density at radius 1 is 0.588 bits per heavy atom. The van der Waals surface area contributed by atoms with Crippen molar-refractivity contribution < 1.29 is 23.4 Å². The number of hydrogen-bond acceptors (Lipinski definition) is 6. The van der Waals surface area contributed by atoms with E-state index in [2.05, 4.69) is 86.8 Å². The molecular formula is C27H43NO5Si. The summed E-state index contributed by atoms with van der Waals surface area (Å²) in [5.41, 5.74) is 0. The van der Waals surface area contributed by atoms with Crippen molar-refractivity contribution in [3.8, 4) is 0 Å². The highest BCUT2D eigenvalue weighted by molar-refractivity contribution is 6.99. The Hall–Kier alpha value is -1.58. The maximum absolute atomic E-state index is 6.81. The van der Waals surface area contributed by atoms with Gasteiger partial charge in [0.15, 0.2) is 0 Å². The molecule has 190 valence electrons. The molecule has 0 aliphatic heterocycles. The first-order valence-corrected chi connectivity index (χ1v) is 14.1. The monoisotopic (exact) mass is 489 g/mol. The van der Waals surface area contributed by atoms with E-state index in [1.165, 1.54) is 10.4 Å². The molecule has 6 nitrogen and oxygen atoms in total. The van der Waals surface area contributed by atoms with Gasteiger partial charge in [0, 0.05) is 6.54 Å². The van der Waals surface area contributed by atoms with Gasteiger partial charge in [0.1, 0.15) is 0 Å². The Kier molecular flexibility index (Phi) is 13.6. The predicted molar refractivity (Wildman–Crippen MR) is 141 cm³/mol. The van der Waals surface area contributed by atoms with Gasteiger partial charge in [0.2, 0.25) is 0 Å². The van der Waals surface area contributed by atoms with Crippen molar-refractivity contribution in [1.82, 2.24) is 5.32 Å². The maximum atomic E-state index is 6.81. The van der Waals surface area contributed by atoms with Crippen LogP contribution in [0.2, 0.25) is 5.04 Å². The second-order valence-corrected chi connectivity index (χ2v) is 13.4. The average molecular weight is 490 g/mol. The van der Waals surface area contributed by atoms with Crippen molar-refractivity contribution in [2.24, 2.45) is 0 Å². The molecule has 2 aromatic carbocycles. The summed E-state index contributed by atoms with van der Waals surface area (Å²) >= 11 is 0. The highest BCUT2D eigenvalue weighted by atomic mass is 28.4. The number of rotatable bonds is 18. The molecule has 0 bridgehead atoms. The van der Waals surface area contributed by atoms with Crippen LogP contribution in [-0.2, 0) is 23.4 Å². The number of benzene rings is 2. The lowest BCUT2D eigenvalue weighted by Gasteiger charge is -2.43. The molecule has 2 aromatic rings. The summed E-state index contributed by atoms with van der Waals surface area (Å²) in [6, 6.07) is 21.3. The fourth-order valence-electron chi connectivity index (χ4n) is 3.95. The zero-order valence-corrected chi connectivity index (χ0v) is 22.4. The van der Waals surface area contributed by atoms with E-state index >= 15 is 0 Å². The van der Waals surface area contributed by atoms with E-state index in [9.17, 15) is 0 Å². The second kappa shape index (κ2) is 16.2. The zero-order chi connectivity index (χ0) is 24.5. The molecule has 0 aliphatic carbocycles. The summed E-state index contributed by atoms with van der Waals surface area (Å²) in [5, 5.41) is 5.57. The molecule has 0 aromatic heterocycles. The smallest absolute Gasteiger partial charge is 0.261 e. The van der Waals surface area contributed by atoms with Gasteiger partial charge in [-0.3, -0.25) is 0 Å². The van der Waals surface area contributed by atoms with Gasteiger partial charge in [0.25, 0.3) is 8.32 Å². The summed E-state index contributed by atoms with van der Waals surface area (Å²) in [4.78, 5) is 0. The maximum Gasteiger partial charge on any atom is 0.261 e. The van der Waals surface area contributed by atoms with Crippen LogP contribution in [0.1, 0.15) is 20.8 Å². The van der Waals surface area contributed by atoms with Crippen LogP contribution in [0, 0.1) is 0 Å². The van der Waals surface area contributed by atoms with E-state index in [4.69, 9.17) is 23.4 Å². The van der Waals surface area contributed by atoms with Gasteiger partial charge in [0.05, 0.1) is 59.5 Å². The van der Waals surface area contributed by atoms with Gasteiger partial charge in [-0.15, -0.1) is 0 Å². The SMILES string of the molecule is CNCCOCCOCCOCCOCCO[Si](c1ccccc1)(c1ccccc1)C(C)(C)C. The molecule has 0 amide bonds. The first-order valence-electron chi connectivity index (χ1n) is 12.2. The number of hydrogen-bond donors (Lipinski definition) is 1. The Balaban J connectivity index is 1.73. The summed E-state index contributed by atoms with van der Waals surface area (Å²) in [6.45, 7) is 12.9. The Morgan fingerprint density at radius 3 is 1.35 bits per heavy atom. The molecule has 0 saturated heterocycles. The normalized spacial score (nSPS) is 12.2. The van der Waals surface area contributed by atoms with Crippen molar-refractivity contribution in [3.05, 3.63) is 60.7 Å². The van der Waals surface area contributed by atoms with Crippen LogP contribution in [-0.4, -0.2) is 81.4 Å². The second-order valence-electron chi connectivity index (χ2n) is 9.06. The van der Waals surface area contributed by atoms with Crippen molar-refractivity contribution in [2.45, 2.75) is 25.8 Å². The zero-order valence-electron chi connectivity index (χ0n) is 21.4. The van der Waals surface area contributed by atoms with Gasteiger partial charge in [-0.25, -0.2) is 0 Å². The summed E-state index contributed by atoms with van der Waals surface area (Å²) in [5.74, 6) is 0. The first kappa shape index (κ1) is 28.7. The van der Waals surface area contributed by atoms with E-state index in [0.717, 1.165) is 6.54 Å². The van der Waals surface area contributed by atoms with Crippen molar-refractivity contribution in [2.75, 3.05) is 73.1 Å². The molecule has 0 radical (unpaired) electrons. The van der Waals surface area contributed by atoms with Crippen molar-refractivity contribution in [3.63, 3.8) is 0 Å². The van der Waals surface area contributed by atoms with Gasteiger partial charge in [-0.1, -0.05) is 81.4 Å². The molecule has 1 N–H and O–H groups in total. The first-order chi connectivity index (χ1) is 16.5. The summed E-state index contributed by atoms with van der Waals surface area (Å²) in [6.07, 6.45) is 0. The van der Waals surface area contributed by atoms with Gasteiger partial charge in [-0.05, 0) is 22.5 Å². The molecule has 7 heteroatoms. The van der Waals surface area contributed by atoms with Crippen LogP contribution in [0.3, 0.4) is 0 Å². The van der Waals surface area contributed by atoms with Gasteiger partial charge in [-0.2, -0.15) is 0 Å². The van der Waals surface area contributed by atoms with E-state index < -0.39 is 8.32 Å². The van der Waals surface area contributed by atoms with Crippen LogP contribution in [0.25, 0.3) is 0 Å². The van der Waals surface area contributed by atoms with E-state index in [1.807, 2.05) is 7.05 Å². The Bertz CT molecular complexity index is 715. The van der Waals surface area contributed by atoms with Crippen LogP contribution in [0.5, 0.6) is 0 Å². The molecule has 0 saturated carbocycles. The van der Waals surface area contributed by atoms with Crippen LogP contribution < -0.4 is 15.7 Å². The number of nitrogens with one attached hydrogen (secondary N) is 1. The summed E-state index contributed by atoms with van der Waals surface area (Å²) in [7, 11) is -0.589. The lowest BCUT2D eigenvalue weighted by molar-refractivity contribution is -0.00450. The largest absolute Gasteiger partial charge is 0.405 e. The molecule has 0 heterocycles. The van der Waals surface area contributed by atoms with Crippen LogP contribution in [0.15, 0.2) is 60.7 Å². The van der Waals surface area contributed by atoms with E-state index in [1.54, 1.807) is 0 Å². The fourth-order valence-corrected chi connectivity index (χ4v) is 8.50. The average Bonchev–Trinajstić information content (AvgIpc) is 2.84. The third-order valence-corrected chi connectivity index (χ3v) is 10.6. The fraction of sp³-hybridized carbons (Fsp3) is 0.556. The minimum absolute atomic E-state index is 0.0310. The molecule has 0 fully saturated rings. The van der Waals surface area contributed by atoms with Crippen LogP contribution in [0.4, 0.5) is 0 Å². The minimum Gasteiger partial charge on any atom is -0.405 e. The molecular weight excluding hydrogens is 446 g/mol. The summed E-state index contributed by atoms with van der Waals surface area (Å²) < 4.78 is 29.1. The van der Waals surface area contributed by atoms with Gasteiger partial charge < -0.3 is 28.7 Å². The lowest BCUT2D eigenvalue weighted by Crippen LogP contribution is -2.66. The van der Waals surface area contributed by atoms with E-state index in [0.29, 0.717) is 59.5 Å². The minimum atomic E-state index is -2.50. The highest BCUT2D eigenvalue weighted by Gasteiger charge is 2.49. The van der Waals surface area contributed by atoms with Crippen LogP contribution >= 0.6 is 0 Å². The molecule has 0 unspecified atom stereocenters. The Labute approximate surface area is 207 Å². The molecule has 34 heavy (non-hydrogen) atoms. The number of likely N-dealkylation sites (N-methyl/N-ethyl adjacent to an activating group) is 1. The quantitative estimate of drug-likeness (QED) is 0.257. The topological polar surface area (TPSA) is 58.2 Å². The van der Waals surface area contributed by atoms with E-state index in [-0.39, 0.29) is 5.04 Å². The molecule has 0 spiro atoms. The van der Waals surface area contributed by atoms with Gasteiger partial charge >= 0.3 is 0 Å². The predicted octanol–water partition coefficient (Wildman–Crippen LogP) is 2.85. The Morgan fingerprint density at radius 2 is 0.971 bits per heavy atom. The lowest BCUT2D eigenvalue weighted by atomic mass is 10.2. The standard InChI is InChI=1S/C27H43NO5Si/c1-27(2,3)34(25-11-7-5-8-12-25,26-13-9-6-10-14-26)33-24-23-32-22-21-31-20-19-30-18-17-29-16-15-28-4/h5-14,28H,15-24H2,1-4H3. The third-order valence-electron chi connectivity index (χ3n) is 5.58. The highest BCUT2D eigenvalue weighted by Crippen LogP contribution is 2.36.